The first-order valence-corrected chi connectivity index (χ1v) is 5.69. The third-order valence-electron chi connectivity index (χ3n) is 2.51. The third-order valence-corrected chi connectivity index (χ3v) is 2.70. The fourth-order valence-electron chi connectivity index (χ4n) is 1.69. The molecule has 0 radical (unpaired) electrons. The molecule has 1 aromatic carbocycles. The van der Waals surface area contributed by atoms with Crippen LogP contribution in [0.2, 0.25) is 0 Å². The fraction of sp³-hybridized carbons (Fsp3) is 0.308. The summed E-state index contributed by atoms with van der Waals surface area (Å²) in [5.41, 5.74) is 3.50. The van der Waals surface area contributed by atoms with Gasteiger partial charge in [-0.3, -0.25) is 0 Å². The zero-order chi connectivity index (χ0) is 11.7. The lowest BCUT2D eigenvalue weighted by atomic mass is 10.0. The molecule has 0 aliphatic heterocycles. The average Bonchev–Trinajstić information content (AvgIpc) is 2.66. The van der Waals surface area contributed by atoms with E-state index in [2.05, 4.69) is 31.0 Å². The molecule has 1 unspecified atom stereocenters. The van der Waals surface area contributed by atoms with Crippen molar-refractivity contribution in [2.45, 2.75) is 26.1 Å². The third kappa shape index (κ3) is 2.12. The molecule has 0 amide bonds. The van der Waals surface area contributed by atoms with E-state index in [0.29, 0.717) is 5.89 Å². The van der Waals surface area contributed by atoms with Gasteiger partial charge < -0.3 is 4.42 Å². The normalized spacial score (nSPS) is 12.8. The van der Waals surface area contributed by atoms with Crippen LogP contribution in [-0.4, -0.2) is 4.98 Å². The summed E-state index contributed by atoms with van der Waals surface area (Å²) < 4.78 is 5.61. The molecule has 0 saturated heterocycles. The second kappa shape index (κ2) is 4.30. The van der Waals surface area contributed by atoms with Gasteiger partial charge in [-0.2, -0.15) is 0 Å². The highest BCUT2D eigenvalue weighted by Gasteiger charge is 2.12. The Morgan fingerprint density at radius 1 is 1.31 bits per heavy atom. The van der Waals surface area contributed by atoms with E-state index in [4.69, 9.17) is 16.0 Å². The number of aromatic nitrogens is 1. The zero-order valence-corrected chi connectivity index (χ0v) is 10.4. The van der Waals surface area contributed by atoms with Gasteiger partial charge >= 0.3 is 0 Å². The lowest BCUT2D eigenvalue weighted by Gasteiger charge is -2.03. The minimum Gasteiger partial charge on any atom is -0.439 e. The van der Waals surface area contributed by atoms with Gasteiger partial charge in [-0.05, 0) is 26.3 Å². The average molecular weight is 236 g/mol. The monoisotopic (exact) mass is 235 g/mol. The van der Waals surface area contributed by atoms with Gasteiger partial charge in [0.2, 0.25) is 5.89 Å². The summed E-state index contributed by atoms with van der Waals surface area (Å²) in [6.45, 7) is 5.98. The van der Waals surface area contributed by atoms with E-state index >= 15 is 0 Å². The zero-order valence-electron chi connectivity index (χ0n) is 9.62. The summed E-state index contributed by atoms with van der Waals surface area (Å²) in [6.07, 6.45) is 1.73. The molecule has 16 heavy (non-hydrogen) atoms. The molecule has 0 saturated carbocycles. The Morgan fingerprint density at radius 2 is 2.06 bits per heavy atom. The fourth-order valence-corrected chi connectivity index (χ4v) is 1.79. The highest BCUT2D eigenvalue weighted by Crippen LogP contribution is 2.28. The van der Waals surface area contributed by atoms with Gasteiger partial charge in [0.1, 0.15) is 5.38 Å². The molecule has 1 aromatic heterocycles. The van der Waals surface area contributed by atoms with E-state index in [0.717, 1.165) is 11.3 Å². The number of aryl methyl sites for hydroxylation is 2. The summed E-state index contributed by atoms with van der Waals surface area (Å²) in [5, 5.41) is -0.195. The van der Waals surface area contributed by atoms with Crippen LogP contribution in [0.3, 0.4) is 0 Å². The number of nitrogens with zero attached hydrogens (tertiary/aromatic N) is 1. The van der Waals surface area contributed by atoms with Crippen molar-refractivity contribution in [2.75, 3.05) is 0 Å². The van der Waals surface area contributed by atoms with Crippen LogP contribution >= 0.6 is 11.6 Å². The first-order valence-electron chi connectivity index (χ1n) is 5.25. The maximum Gasteiger partial charge on any atom is 0.212 e. The van der Waals surface area contributed by atoms with Crippen molar-refractivity contribution in [1.29, 1.82) is 0 Å². The van der Waals surface area contributed by atoms with Gasteiger partial charge in [0.15, 0.2) is 5.76 Å². The molecule has 0 bridgehead atoms. The van der Waals surface area contributed by atoms with Gasteiger partial charge in [-0.1, -0.05) is 23.8 Å². The summed E-state index contributed by atoms with van der Waals surface area (Å²) in [4.78, 5) is 4.16. The standard InChI is InChI=1S/C13H14ClNO/c1-8-4-5-11(9(2)6-8)12-7-15-13(16-12)10(3)14/h4-7,10H,1-3H3. The van der Waals surface area contributed by atoms with Crippen molar-refractivity contribution in [1.82, 2.24) is 4.98 Å². The predicted molar refractivity (Wildman–Crippen MR) is 65.7 cm³/mol. The molecular formula is C13H14ClNO. The van der Waals surface area contributed by atoms with E-state index in [9.17, 15) is 0 Å². The Morgan fingerprint density at radius 3 is 2.62 bits per heavy atom. The van der Waals surface area contributed by atoms with Crippen molar-refractivity contribution in [3.8, 4) is 11.3 Å². The number of benzene rings is 1. The molecule has 1 atom stereocenters. The largest absolute Gasteiger partial charge is 0.439 e. The van der Waals surface area contributed by atoms with Crippen molar-refractivity contribution in [3.05, 3.63) is 41.4 Å². The summed E-state index contributed by atoms with van der Waals surface area (Å²) in [7, 11) is 0. The van der Waals surface area contributed by atoms with E-state index in [-0.39, 0.29) is 5.38 Å². The molecule has 1 heterocycles. The minimum absolute atomic E-state index is 0.195. The van der Waals surface area contributed by atoms with E-state index in [1.165, 1.54) is 11.1 Å². The van der Waals surface area contributed by atoms with Crippen molar-refractivity contribution in [2.24, 2.45) is 0 Å². The Hall–Kier alpha value is -1.28. The molecule has 0 fully saturated rings. The van der Waals surface area contributed by atoms with E-state index < -0.39 is 0 Å². The van der Waals surface area contributed by atoms with E-state index in [1.54, 1.807) is 6.20 Å². The van der Waals surface area contributed by atoms with Gasteiger partial charge in [-0.15, -0.1) is 11.6 Å². The van der Waals surface area contributed by atoms with Crippen LogP contribution in [-0.2, 0) is 0 Å². The number of alkyl halides is 1. The van der Waals surface area contributed by atoms with Crippen LogP contribution in [0.5, 0.6) is 0 Å². The Kier molecular flexibility index (Phi) is 3.01. The van der Waals surface area contributed by atoms with Crippen LogP contribution in [0.25, 0.3) is 11.3 Å². The molecule has 0 aliphatic rings. The molecular weight excluding hydrogens is 222 g/mol. The predicted octanol–water partition coefficient (Wildman–Crippen LogP) is 4.26. The van der Waals surface area contributed by atoms with Crippen LogP contribution < -0.4 is 0 Å². The summed E-state index contributed by atoms with van der Waals surface area (Å²) in [6, 6.07) is 6.24. The number of hydrogen-bond donors (Lipinski definition) is 0. The Labute approximate surface area is 100 Å². The molecule has 0 N–H and O–H groups in total. The first-order chi connectivity index (χ1) is 7.58. The molecule has 2 nitrogen and oxygen atoms in total. The molecule has 0 aliphatic carbocycles. The lowest BCUT2D eigenvalue weighted by molar-refractivity contribution is 0.508. The van der Waals surface area contributed by atoms with Crippen LogP contribution in [0, 0.1) is 13.8 Å². The van der Waals surface area contributed by atoms with Crippen LogP contribution in [0.4, 0.5) is 0 Å². The first kappa shape index (κ1) is 11.2. The second-order valence-electron chi connectivity index (χ2n) is 4.00. The van der Waals surface area contributed by atoms with Crippen LogP contribution in [0.1, 0.15) is 29.3 Å². The SMILES string of the molecule is Cc1ccc(-c2cnc(C(C)Cl)o2)c(C)c1. The van der Waals surface area contributed by atoms with Crippen LogP contribution in [0.15, 0.2) is 28.8 Å². The smallest absolute Gasteiger partial charge is 0.212 e. The number of halogens is 1. The lowest BCUT2D eigenvalue weighted by Crippen LogP contribution is -1.83. The number of oxazole rings is 1. The number of rotatable bonds is 2. The highest BCUT2D eigenvalue weighted by molar-refractivity contribution is 6.20. The number of hydrogen-bond acceptors (Lipinski definition) is 2. The summed E-state index contributed by atoms with van der Waals surface area (Å²) in [5.74, 6) is 1.34. The maximum absolute atomic E-state index is 5.91. The van der Waals surface area contributed by atoms with E-state index in [1.807, 2.05) is 13.0 Å². The van der Waals surface area contributed by atoms with Crippen molar-refractivity contribution in [3.63, 3.8) is 0 Å². The topological polar surface area (TPSA) is 26.0 Å². The Bertz CT molecular complexity index is 502. The van der Waals surface area contributed by atoms with Crippen molar-refractivity contribution < 1.29 is 4.42 Å². The van der Waals surface area contributed by atoms with Crippen molar-refractivity contribution >= 4 is 11.6 Å². The van der Waals surface area contributed by atoms with Gasteiger partial charge in [0, 0.05) is 5.56 Å². The highest BCUT2D eigenvalue weighted by atomic mass is 35.5. The quantitative estimate of drug-likeness (QED) is 0.727. The van der Waals surface area contributed by atoms with Gasteiger partial charge in [0.05, 0.1) is 6.20 Å². The molecule has 84 valence electrons. The second-order valence-corrected chi connectivity index (χ2v) is 4.65. The maximum atomic E-state index is 5.91. The minimum atomic E-state index is -0.195. The Balaban J connectivity index is 2.42. The molecule has 2 rings (SSSR count). The van der Waals surface area contributed by atoms with Gasteiger partial charge in [-0.25, -0.2) is 4.98 Å². The molecule has 0 spiro atoms. The molecule has 3 heteroatoms. The van der Waals surface area contributed by atoms with Gasteiger partial charge in [0.25, 0.3) is 0 Å². The molecule has 2 aromatic rings. The summed E-state index contributed by atoms with van der Waals surface area (Å²) >= 11 is 5.91.